The van der Waals surface area contributed by atoms with E-state index in [1.807, 2.05) is 6.07 Å². The summed E-state index contributed by atoms with van der Waals surface area (Å²) in [6.07, 6.45) is 7.86. The van der Waals surface area contributed by atoms with E-state index < -0.39 is 0 Å². The number of pyridine rings is 1. The number of rotatable bonds is 5. The summed E-state index contributed by atoms with van der Waals surface area (Å²) in [6.45, 7) is 2.26. The van der Waals surface area contributed by atoms with Crippen LogP contribution in [0.25, 0.3) is 0 Å². The van der Waals surface area contributed by atoms with Crippen molar-refractivity contribution in [1.82, 2.24) is 15.2 Å². The number of carbonyl (C=O) groups excluding carboxylic acids is 1. The summed E-state index contributed by atoms with van der Waals surface area (Å²) in [5.74, 6) is 1.43. The Morgan fingerprint density at radius 3 is 3.00 bits per heavy atom. The average molecular weight is 331 g/mol. The van der Waals surface area contributed by atoms with Gasteiger partial charge in [0.25, 0.3) is 5.91 Å². The van der Waals surface area contributed by atoms with Crippen molar-refractivity contribution in [2.24, 2.45) is 5.92 Å². The van der Waals surface area contributed by atoms with Crippen molar-refractivity contribution in [2.45, 2.75) is 45.1 Å². The maximum Gasteiger partial charge on any atom is 0.259 e. The lowest BCUT2D eigenvalue weighted by atomic mass is 9.84. The molecular weight excluding hydrogens is 310 g/mol. The molecule has 1 amide bonds. The summed E-state index contributed by atoms with van der Waals surface area (Å²) >= 11 is 1.29. The maximum atomic E-state index is 12.1. The Hall–Kier alpha value is -2.02. The molecule has 3 rings (SSSR count). The van der Waals surface area contributed by atoms with Crippen molar-refractivity contribution >= 4 is 28.2 Å². The van der Waals surface area contributed by atoms with Crippen LogP contribution in [-0.2, 0) is 0 Å². The first-order valence-corrected chi connectivity index (χ1v) is 8.92. The minimum atomic E-state index is -0.218. The molecule has 2 unspecified atom stereocenters. The van der Waals surface area contributed by atoms with Crippen LogP contribution in [0.1, 0.15) is 49.4 Å². The van der Waals surface area contributed by atoms with E-state index in [2.05, 4.69) is 32.7 Å². The predicted octanol–water partition coefficient (Wildman–Crippen LogP) is 3.57. The largest absolute Gasteiger partial charge is 0.367 e. The van der Waals surface area contributed by atoms with Gasteiger partial charge in [0.2, 0.25) is 5.13 Å². The van der Waals surface area contributed by atoms with Gasteiger partial charge in [-0.25, -0.2) is 4.98 Å². The molecule has 2 heterocycles. The van der Waals surface area contributed by atoms with Gasteiger partial charge in [-0.15, -0.1) is 10.2 Å². The van der Waals surface area contributed by atoms with E-state index >= 15 is 0 Å². The topological polar surface area (TPSA) is 79.8 Å². The highest BCUT2D eigenvalue weighted by Gasteiger charge is 2.20. The Morgan fingerprint density at radius 1 is 1.39 bits per heavy atom. The van der Waals surface area contributed by atoms with Gasteiger partial charge in [-0.05, 0) is 30.9 Å². The molecule has 6 nitrogen and oxygen atoms in total. The number of hydrogen-bond acceptors (Lipinski definition) is 6. The van der Waals surface area contributed by atoms with Gasteiger partial charge in [0.05, 0.1) is 5.56 Å². The van der Waals surface area contributed by atoms with Gasteiger partial charge < -0.3 is 5.32 Å². The molecule has 1 saturated carbocycles. The molecule has 2 N–H and O–H groups in total. The average Bonchev–Trinajstić information content (AvgIpc) is 3.08. The lowest BCUT2D eigenvalue weighted by molar-refractivity contribution is 0.102. The van der Waals surface area contributed by atoms with Crippen molar-refractivity contribution in [3.63, 3.8) is 0 Å². The van der Waals surface area contributed by atoms with Crippen LogP contribution in [0.3, 0.4) is 0 Å². The molecule has 0 bridgehead atoms. The first-order chi connectivity index (χ1) is 11.2. The highest BCUT2D eigenvalue weighted by atomic mass is 32.1. The summed E-state index contributed by atoms with van der Waals surface area (Å²) in [5.41, 5.74) is 2.09. The molecule has 0 saturated heterocycles. The van der Waals surface area contributed by atoms with Gasteiger partial charge in [-0.3, -0.25) is 10.1 Å². The molecule has 122 valence electrons. The van der Waals surface area contributed by atoms with E-state index in [9.17, 15) is 4.79 Å². The van der Waals surface area contributed by atoms with Crippen LogP contribution in [0, 0.1) is 5.92 Å². The Balaban J connectivity index is 1.57. The Kier molecular flexibility index (Phi) is 5.17. The van der Waals surface area contributed by atoms with Gasteiger partial charge in [0.1, 0.15) is 11.3 Å². The van der Waals surface area contributed by atoms with Crippen LogP contribution < -0.4 is 10.6 Å². The second-order valence-corrected chi connectivity index (χ2v) is 6.75. The number of amides is 1. The maximum absolute atomic E-state index is 12.1. The first kappa shape index (κ1) is 15.9. The van der Waals surface area contributed by atoms with Crippen molar-refractivity contribution < 1.29 is 4.79 Å². The van der Waals surface area contributed by atoms with Gasteiger partial charge >= 0.3 is 0 Å². The Labute approximate surface area is 139 Å². The number of nitrogens with one attached hydrogen (secondary N) is 2. The quantitative estimate of drug-likeness (QED) is 0.875. The van der Waals surface area contributed by atoms with Crippen LogP contribution >= 0.6 is 11.3 Å². The summed E-state index contributed by atoms with van der Waals surface area (Å²) in [6, 6.07) is 4.14. The zero-order chi connectivity index (χ0) is 16.1. The lowest BCUT2D eigenvalue weighted by Gasteiger charge is -2.29. The molecule has 1 fully saturated rings. The highest BCUT2D eigenvalue weighted by Crippen LogP contribution is 2.28. The molecule has 7 heteroatoms. The van der Waals surface area contributed by atoms with E-state index in [4.69, 9.17) is 0 Å². The normalized spacial score (nSPS) is 20.9. The summed E-state index contributed by atoms with van der Waals surface area (Å²) in [4.78, 5) is 16.4. The van der Waals surface area contributed by atoms with Crippen LogP contribution in [-0.4, -0.2) is 27.1 Å². The van der Waals surface area contributed by atoms with Crippen LogP contribution in [0.2, 0.25) is 0 Å². The molecule has 2 aromatic heterocycles. The molecule has 23 heavy (non-hydrogen) atoms. The lowest BCUT2D eigenvalue weighted by Crippen LogP contribution is -2.27. The van der Waals surface area contributed by atoms with Crippen molar-refractivity contribution in [3.05, 3.63) is 29.4 Å². The minimum absolute atomic E-state index is 0.218. The van der Waals surface area contributed by atoms with E-state index in [0.717, 1.165) is 11.7 Å². The van der Waals surface area contributed by atoms with Gasteiger partial charge in [0.15, 0.2) is 0 Å². The number of nitrogens with zero attached hydrogens (tertiary/aromatic N) is 3. The molecule has 2 aromatic rings. The zero-order valence-corrected chi connectivity index (χ0v) is 14.0. The van der Waals surface area contributed by atoms with Gasteiger partial charge in [-0.1, -0.05) is 37.5 Å². The fraction of sp³-hybridized carbons (Fsp3) is 0.500. The second kappa shape index (κ2) is 7.50. The molecule has 1 aliphatic carbocycles. The molecular formula is C16H21N5OS. The fourth-order valence-corrected chi connectivity index (χ4v) is 3.45. The third-order valence-electron chi connectivity index (χ3n) is 4.32. The molecule has 0 spiro atoms. The number of aromatic nitrogens is 3. The highest BCUT2D eigenvalue weighted by molar-refractivity contribution is 7.13. The van der Waals surface area contributed by atoms with Crippen molar-refractivity contribution in [2.75, 3.05) is 10.6 Å². The Morgan fingerprint density at radius 2 is 2.30 bits per heavy atom. The number of carbonyl (C=O) groups is 1. The standard InChI is InChI=1S/C16H21N5OS/c1-2-11-4-3-5-13(8-11)19-14-7-6-12(9-17-14)15(22)20-16-21-18-10-23-16/h6-7,9-11,13H,2-5,8H2,1H3,(H,17,19)(H,20,21,22). The molecule has 0 aromatic carbocycles. The van der Waals surface area contributed by atoms with E-state index in [-0.39, 0.29) is 5.91 Å². The Bertz CT molecular complexity index is 628. The van der Waals surface area contributed by atoms with Crippen molar-refractivity contribution in [3.8, 4) is 0 Å². The predicted molar refractivity (Wildman–Crippen MR) is 91.8 cm³/mol. The third-order valence-corrected chi connectivity index (χ3v) is 4.92. The van der Waals surface area contributed by atoms with Gasteiger partial charge in [0, 0.05) is 12.2 Å². The van der Waals surface area contributed by atoms with Crippen LogP contribution in [0.4, 0.5) is 10.9 Å². The van der Waals surface area contributed by atoms with Crippen LogP contribution in [0.5, 0.6) is 0 Å². The third kappa shape index (κ3) is 4.25. The van der Waals surface area contributed by atoms with Crippen molar-refractivity contribution in [1.29, 1.82) is 0 Å². The first-order valence-electron chi connectivity index (χ1n) is 8.04. The summed E-state index contributed by atoms with van der Waals surface area (Å²) < 4.78 is 0. The molecule has 2 atom stereocenters. The van der Waals surface area contributed by atoms with E-state index in [1.54, 1.807) is 17.8 Å². The zero-order valence-electron chi connectivity index (χ0n) is 13.2. The van der Waals surface area contributed by atoms with Gasteiger partial charge in [-0.2, -0.15) is 0 Å². The monoisotopic (exact) mass is 331 g/mol. The van der Waals surface area contributed by atoms with E-state index in [1.165, 1.54) is 43.4 Å². The molecule has 0 radical (unpaired) electrons. The smallest absolute Gasteiger partial charge is 0.259 e. The summed E-state index contributed by atoms with van der Waals surface area (Å²) in [7, 11) is 0. The number of anilines is 2. The summed E-state index contributed by atoms with van der Waals surface area (Å²) in [5, 5.41) is 14.2. The SMILES string of the molecule is CCC1CCCC(Nc2ccc(C(=O)Nc3nncs3)cn2)C1. The number of hydrogen-bond donors (Lipinski definition) is 2. The van der Waals surface area contributed by atoms with Crippen LogP contribution in [0.15, 0.2) is 23.8 Å². The fourth-order valence-electron chi connectivity index (χ4n) is 3.01. The minimum Gasteiger partial charge on any atom is -0.367 e. The second-order valence-electron chi connectivity index (χ2n) is 5.91. The molecule has 1 aliphatic rings. The molecule has 0 aliphatic heterocycles. The van der Waals surface area contributed by atoms with E-state index in [0.29, 0.717) is 16.7 Å².